The molecule has 12 heavy (non-hydrogen) atoms. The van der Waals surface area contributed by atoms with Gasteiger partial charge in [0.15, 0.2) is 0 Å². The maximum absolute atomic E-state index is 10.6. The SMILES string of the molecule is CCN(C)C(=C/C=N)/N=C(\C)[O-]. The Morgan fingerprint density at radius 3 is 2.58 bits per heavy atom. The summed E-state index contributed by atoms with van der Waals surface area (Å²) in [4.78, 5) is 5.53. The van der Waals surface area contributed by atoms with Crippen molar-refractivity contribution in [3.05, 3.63) is 11.9 Å². The molecule has 0 unspecified atom stereocenters. The first kappa shape index (κ1) is 10.7. The van der Waals surface area contributed by atoms with E-state index in [4.69, 9.17) is 5.41 Å². The number of nitrogens with zero attached hydrogens (tertiary/aromatic N) is 2. The van der Waals surface area contributed by atoms with Gasteiger partial charge in [-0.2, -0.15) is 0 Å². The van der Waals surface area contributed by atoms with Crippen molar-refractivity contribution >= 4 is 12.1 Å². The van der Waals surface area contributed by atoms with Crippen molar-refractivity contribution < 1.29 is 5.11 Å². The zero-order chi connectivity index (χ0) is 9.56. The first-order valence-corrected chi connectivity index (χ1v) is 3.76. The molecule has 4 nitrogen and oxygen atoms in total. The van der Waals surface area contributed by atoms with Crippen LogP contribution in [0.25, 0.3) is 0 Å². The van der Waals surface area contributed by atoms with Crippen molar-refractivity contribution in [1.82, 2.24) is 4.90 Å². The smallest absolute Gasteiger partial charge is 0.128 e. The fraction of sp³-hybridized carbons (Fsp3) is 0.500. The van der Waals surface area contributed by atoms with E-state index in [1.807, 2.05) is 14.0 Å². The van der Waals surface area contributed by atoms with E-state index < -0.39 is 0 Å². The normalized spacial score (nSPS) is 12.9. The van der Waals surface area contributed by atoms with E-state index in [0.717, 1.165) is 12.8 Å². The Morgan fingerprint density at radius 1 is 1.67 bits per heavy atom. The number of allylic oxidation sites excluding steroid dienone is 1. The van der Waals surface area contributed by atoms with Crippen LogP contribution in [0.15, 0.2) is 16.9 Å². The lowest BCUT2D eigenvalue weighted by atomic mass is 10.5. The number of nitrogens with one attached hydrogen (secondary N) is 1. The molecule has 0 spiro atoms. The largest absolute Gasteiger partial charge is 0.862 e. The minimum atomic E-state index is -0.247. The van der Waals surface area contributed by atoms with Gasteiger partial charge in [0.05, 0.1) is 0 Å². The minimum Gasteiger partial charge on any atom is -0.862 e. The molecule has 0 fully saturated rings. The standard InChI is InChI=1S/C8H15N3O/c1-4-11(3)8(5-6-9)10-7(2)12/h5-6,9H,4H2,1-3H3,(H,10,12)/p-1/b8-5+,9-6?. The fourth-order valence-electron chi connectivity index (χ4n) is 0.648. The van der Waals surface area contributed by atoms with Crippen LogP contribution >= 0.6 is 0 Å². The molecule has 0 amide bonds. The van der Waals surface area contributed by atoms with Gasteiger partial charge in [0.2, 0.25) is 0 Å². The highest BCUT2D eigenvalue weighted by molar-refractivity contribution is 5.72. The summed E-state index contributed by atoms with van der Waals surface area (Å²) < 4.78 is 0. The third-order valence-corrected chi connectivity index (χ3v) is 1.37. The van der Waals surface area contributed by atoms with E-state index >= 15 is 0 Å². The van der Waals surface area contributed by atoms with Gasteiger partial charge >= 0.3 is 0 Å². The zero-order valence-electron chi connectivity index (χ0n) is 7.66. The van der Waals surface area contributed by atoms with E-state index in [1.54, 1.807) is 4.90 Å². The second kappa shape index (κ2) is 5.35. The van der Waals surface area contributed by atoms with E-state index in [2.05, 4.69) is 4.99 Å². The van der Waals surface area contributed by atoms with Crippen LogP contribution < -0.4 is 5.11 Å². The van der Waals surface area contributed by atoms with Crippen molar-refractivity contribution in [3.63, 3.8) is 0 Å². The Labute approximate surface area is 72.7 Å². The molecule has 1 N–H and O–H groups in total. The Hall–Kier alpha value is -1.32. The summed E-state index contributed by atoms with van der Waals surface area (Å²) in [5.41, 5.74) is 0. The van der Waals surface area contributed by atoms with Crippen molar-refractivity contribution in [2.75, 3.05) is 13.6 Å². The van der Waals surface area contributed by atoms with E-state index in [1.165, 1.54) is 13.0 Å². The van der Waals surface area contributed by atoms with E-state index in [0.29, 0.717) is 5.82 Å². The van der Waals surface area contributed by atoms with Crippen molar-refractivity contribution in [3.8, 4) is 0 Å². The molecule has 4 heteroatoms. The maximum atomic E-state index is 10.6. The van der Waals surface area contributed by atoms with Crippen LogP contribution in [0, 0.1) is 5.41 Å². The van der Waals surface area contributed by atoms with E-state index in [9.17, 15) is 5.11 Å². The van der Waals surface area contributed by atoms with Gasteiger partial charge in [-0.15, -0.1) is 0 Å². The molecule has 0 aliphatic heterocycles. The van der Waals surface area contributed by atoms with Gasteiger partial charge in [-0.25, -0.2) is 0 Å². The van der Waals surface area contributed by atoms with E-state index in [-0.39, 0.29) is 5.90 Å². The first-order chi connectivity index (χ1) is 5.61. The quantitative estimate of drug-likeness (QED) is 0.481. The number of rotatable bonds is 4. The number of hydrogen-bond acceptors (Lipinski definition) is 4. The van der Waals surface area contributed by atoms with Gasteiger partial charge in [-0.1, -0.05) is 0 Å². The molecule has 68 valence electrons. The second-order valence-electron chi connectivity index (χ2n) is 2.34. The van der Waals surface area contributed by atoms with Crippen molar-refractivity contribution in [2.45, 2.75) is 13.8 Å². The van der Waals surface area contributed by atoms with Crippen molar-refractivity contribution in [1.29, 1.82) is 5.41 Å². The molecule has 0 saturated heterocycles. The molecule has 0 aromatic carbocycles. The summed E-state index contributed by atoms with van der Waals surface area (Å²) in [5.74, 6) is 0.281. The van der Waals surface area contributed by atoms with Gasteiger partial charge in [0, 0.05) is 19.8 Å². The first-order valence-electron chi connectivity index (χ1n) is 3.76. The molecule has 0 bridgehead atoms. The van der Waals surface area contributed by atoms with Crippen LogP contribution in [0.2, 0.25) is 0 Å². The van der Waals surface area contributed by atoms with Crippen LogP contribution in [-0.4, -0.2) is 30.6 Å². The Balaban J connectivity index is 4.56. The molecule has 0 heterocycles. The van der Waals surface area contributed by atoms with Crippen LogP contribution in [0.1, 0.15) is 13.8 Å². The van der Waals surface area contributed by atoms with Gasteiger partial charge in [0.25, 0.3) is 0 Å². The monoisotopic (exact) mass is 168 g/mol. The maximum Gasteiger partial charge on any atom is 0.128 e. The van der Waals surface area contributed by atoms with Crippen molar-refractivity contribution in [2.24, 2.45) is 4.99 Å². The topological polar surface area (TPSA) is 62.5 Å². The zero-order valence-corrected chi connectivity index (χ0v) is 7.66. The molecule has 0 aromatic rings. The predicted octanol–water partition coefficient (Wildman–Crippen LogP) is 0.208. The predicted molar refractivity (Wildman–Crippen MR) is 48.3 cm³/mol. The molecular formula is C8H14N3O-. The van der Waals surface area contributed by atoms with Crippen LogP contribution in [0.5, 0.6) is 0 Å². The van der Waals surface area contributed by atoms with Crippen LogP contribution in [-0.2, 0) is 0 Å². The average Bonchev–Trinajstić information content (AvgIpc) is 2.01. The highest BCUT2D eigenvalue weighted by Gasteiger charge is 1.96. The molecule has 0 aliphatic rings. The Bertz CT molecular complexity index is 204. The molecule has 0 aromatic heterocycles. The lowest BCUT2D eigenvalue weighted by molar-refractivity contribution is -0.215. The molecule has 0 rings (SSSR count). The molecule has 0 aliphatic carbocycles. The van der Waals surface area contributed by atoms with Gasteiger partial charge in [0.1, 0.15) is 5.82 Å². The van der Waals surface area contributed by atoms with Gasteiger partial charge in [-0.05, 0) is 25.8 Å². The minimum absolute atomic E-state index is 0.247. The lowest BCUT2D eigenvalue weighted by Gasteiger charge is -2.18. The summed E-state index contributed by atoms with van der Waals surface area (Å²) in [6.45, 7) is 4.10. The summed E-state index contributed by atoms with van der Waals surface area (Å²) in [6.07, 6.45) is 2.61. The summed E-state index contributed by atoms with van der Waals surface area (Å²) >= 11 is 0. The Morgan fingerprint density at radius 2 is 2.25 bits per heavy atom. The summed E-state index contributed by atoms with van der Waals surface area (Å²) in [5, 5.41) is 17.5. The summed E-state index contributed by atoms with van der Waals surface area (Å²) in [7, 11) is 1.82. The molecule has 0 radical (unpaired) electrons. The molecular weight excluding hydrogens is 154 g/mol. The third-order valence-electron chi connectivity index (χ3n) is 1.37. The molecule has 0 atom stereocenters. The average molecular weight is 168 g/mol. The summed E-state index contributed by atoms with van der Waals surface area (Å²) in [6, 6.07) is 0. The highest BCUT2D eigenvalue weighted by atomic mass is 16.3. The number of aliphatic imine (C=N–C) groups is 1. The lowest BCUT2D eigenvalue weighted by Crippen LogP contribution is -2.20. The third kappa shape index (κ3) is 3.75. The second-order valence-corrected chi connectivity index (χ2v) is 2.34. The number of hydrogen-bond donors (Lipinski definition) is 1. The van der Waals surface area contributed by atoms with Gasteiger partial charge < -0.3 is 15.4 Å². The molecule has 0 saturated carbocycles. The van der Waals surface area contributed by atoms with Gasteiger partial charge in [-0.3, -0.25) is 4.99 Å². The Kier molecular flexibility index (Phi) is 4.76. The fourth-order valence-corrected chi connectivity index (χ4v) is 0.648. The van der Waals surface area contributed by atoms with Crippen LogP contribution in [0.4, 0.5) is 0 Å². The van der Waals surface area contributed by atoms with Crippen LogP contribution in [0.3, 0.4) is 0 Å². The highest BCUT2D eigenvalue weighted by Crippen LogP contribution is 2.01.